The van der Waals surface area contributed by atoms with E-state index in [4.69, 9.17) is 0 Å². The van der Waals surface area contributed by atoms with Crippen molar-refractivity contribution in [3.63, 3.8) is 0 Å². The van der Waals surface area contributed by atoms with E-state index in [0.717, 1.165) is 19.3 Å². The summed E-state index contributed by atoms with van der Waals surface area (Å²) in [5.41, 5.74) is -0.734. The molecule has 0 fully saturated rings. The number of carbonyl (C=O) groups is 1. The van der Waals surface area contributed by atoms with E-state index in [1.54, 1.807) is 0 Å². The molecular weight excluding hydrogens is 224 g/mol. The fraction of sp³-hybridized carbons (Fsp3) is 0.867. The molecule has 0 heterocycles. The van der Waals surface area contributed by atoms with E-state index in [1.807, 2.05) is 13.8 Å². The third-order valence-electron chi connectivity index (χ3n) is 3.69. The van der Waals surface area contributed by atoms with Crippen LogP contribution in [0.25, 0.3) is 0 Å². The fourth-order valence-electron chi connectivity index (χ4n) is 1.98. The summed E-state index contributed by atoms with van der Waals surface area (Å²) in [6.07, 6.45) is 4.02. The lowest BCUT2D eigenvalue weighted by Gasteiger charge is -2.28. The minimum Gasteiger partial charge on any atom is -0.354 e. The average Bonchev–Trinajstić information content (AvgIpc) is 2.35. The van der Waals surface area contributed by atoms with Crippen LogP contribution in [-0.4, -0.2) is 12.5 Å². The Balaban J connectivity index is 4.72. The van der Waals surface area contributed by atoms with Gasteiger partial charge in [0.1, 0.15) is 5.41 Å². The Morgan fingerprint density at radius 2 is 1.67 bits per heavy atom. The number of hydrogen-bond donors (Lipinski definition) is 1. The molecule has 0 unspecified atom stereocenters. The second-order valence-corrected chi connectivity index (χ2v) is 5.89. The second-order valence-electron chi connectivity index (χ2n) is 5.89. The predicted molar refractivity (Wildman–Crippen MR) is 74.9 cm³/mol. The first-order valence-corrected chi connectivity index (χ1v) is 7.07. The summed E-state index contributed by atoms with van der Waals surface area (Å²) in [7, 11) is 0. The zero-order valence-corrected chi connectivity index (χ0v) is 12.6. The van der Waals surface area contributed by atoms with Gasteiger partial charge in [-0.1, -0.05) is 47.5 Å². The maximum absolute atomic E-state index is 12.3. The van der Waals surface area contributed by atoms with Crippen molar-refractivity contribution in [1.82, 2.24) is 5.32 Å². The van der Waals surface area contributed by atoms with Crippen LogP contribution in [0.3, 0.4) is 0 Å². The van der Waals surface area contributed by atoms with E-state index >= 15 is 0 Å². The SMILES string of the molecule is CCCC(C#N)(CCC)C(=O)NCC(C)(C)CC. The lowest BCUT2D eigenvalue weighted by atomic mass is 9.79. The maximum Gasteiger partial charge on any atom is 0.240 e. The molecule has 3 heteroatoms. The molecule has 0 rings (SSSR count). The minimum absolute atomic E-state index is 0.0878. The smallest absolute Gasteiger partial charge is 0.240 e. The zero-order chi connectivity index (χ0) is 14.2. The van der Waals surface area contributed by atoms with Gasteiger partial charge < -0.3 is 5.32 Å². The molecule has 0 bridgehead atoms. The third-order valence-corrected chi connectivity index (χ3v) is 3.69. The zero-order valence-electron chi connectivity index (χ0n) is 12.6. The molecule has 0 atom stereocenters. The van der Waals surface area contributed by atoms with Crippen molar-refractivity contribution in [2.24, 2.45) is 10.8 Å². The lowest BCUT2D eigenvalue weighted by molar-refractivity contribution is -0.129. The molecule has 0 aromatic heterocycles. The summed E-state index contributed by atoms with van der Waals surface area (Å²) >= 11 is 0. The highest BCUT2D eigenvalue weighted by Gasteiger charge is 2.37. The van der Waals surface area contributed by atoms with Crippen molar-refractivity contribution < 1.29 is 4.79 Å². The first kappa shape index (κ1) is 17.0. The maximum atomic E-state index is 12.3. The van der Waals surface area contributed by atoms with Crippen LogP contribution in [0.4, 0.5) is 0 Å². The number of carbonyl (C=O) groups excluding carboxylic acids is 1. The van der Waals surface area contributed by atoms with Crippen LogP contribution in [0.15, 0.2) is 0 Å². The molecule has 0 aliphatic heterocycles. The van der Waals surface area contributed by atoms with Gasteiger partial charge in [0.2, 0.25) is 5.91 Å². The Kier molecular flexibility index (Phi) is 6.98. The van der Waals surface area contributed by atoms with E-state index in [9.17, 15) is 10.1 Å². The highest BCUT2D eigenvalue weighted by Crippen LogP contribution is 2.30. The Morgan fingerprint density at radius 3 is 2.00 bits per heavy atom. The molecule has 1 amide bonds. The number of hydrogen-bond acceptors (Lipinski definition) is 2. The summed E-state index contributed by atoms with van der Waals surface area (Å²) in [6.45, 7) is 11.0. The van der Waals surface area contributed by atoms with E-state index in [1.165, 1.54) is 0 Å². The molecule has 0 radical (unpaired) electrons. The van der Waals surface area contributed by atoms with Crippen molar-refractivity contribution >= 4 is 5.91 Å². The molecule has 0 aromatic carbocycles. The van der Waals surface area contributed by atoms with Crippen molar-refractivity contribution in [2.45, 2.75) is 66.7 Å². The Morgan fingerprint density at radius 1 is 1.17 bits per heavy atom. The lowest BCUT2D eigenvalue weighted by Crippen LogP contribution is -2.43. The van der Waals surface area contributed by atoms with Crippen molar-refractivity contribution in [3.8, 4) is 6.07 Å². The van der Waals surface area contributed by atoms with E-state index in [2.05, 4.69) is 32.2 Å². The van der Waals surface area contributed by atoms with Crippen LogP contribution in [0.5, 0.6) is 0 Å². The fourth-order valence-corrected chi connectivity index (χ4v) is 1.98. The van der Waals surface area contributed by atoms with Crippen molar-refractivity contribution in [1.29, 1.82) is 5.26 Å². The topological polar surface area (TPSA) is 52.9 Å². The van der Waals surface area contributed by atoms with Crippen LogP contribution in [0.1, 0.15) is 66.7 Å². The highest BCUT2D eigenvalue weighted by molar-refractivity contribution is 5.85. The van der Waals surface area contributed by atoms with Gasteiger partial charge in [0.05, 0.1) is 6.07 Å². The van der Waals surface area contributed by atoms with Gasteiger partial charge in [-0.2, -0.15) is 5.26 Å². The van der Waals surface area contributed by atoms with Crippen molar-refractivity contribution in [2.75, 3.05) is 6.54 Å². The van der Waals surface area contributed by atoms with Crippen molar-refractivity contribution in [3.05, 3.63) is 0 Å². The largest absolute Gasteiger partial charge is 0.354 e. The number of nitrogens with zero attached hydrogens (tertiary/aromatic N) is 1. The number of rotatable bonds is 8. The quantitative estimate of drug-likeness (QED) is 0.717. The first-order chi connectivity index (χ1) is 8.37. The monoisotopic (exact) mass is 252 g/mol. The minimum atomic E-state index is -0.826. The second kappa shape index (κ2) is 7.41. The average molecular weight is 252 g/mol. The molecule has 18 heavy (non-hydrogen) atoms. The third kappa shape index (κ3) is 4.68. The Labute approximate surface area is 112 Å². The van der Waals surface area contributed by atoms with Gasteiger partial charge in [0.25, 0.3) is 0 Å². The molecular formula is C15H28N2O. The van der Waals surface area contributed by atoms with Gasteiger partial charge in [-0.05, 0) is 24.7 Å². The van der Waals surface area contributed by atoms with Gasteiger partial charge >= 0.3 is 0 Å². The van der Waals surface area contributed by atoms with E-state index < -0.39 is 5.41 Å². The molecule has 0 aliphatic carbocycles. The van der Waals surface area contributed by atoms with Gasteiger partial charge in [0.15, 0.2) is 0 Å². The van der Waals surface area contributed by atoms with Crippen LogP contribution in [0, 0.1) is 22.2 Å². The number of nitrogens with one attached hydrogen (secondary N) is 1. The summed E-state index contributed by atoms with van der Waals surface area (Å²) in [6, 6.07) is 2.26. The number of amides is 1. The summed E-state index contributed by atoms with van der Waals surface area (Å²) in [5, 5.41) is 12.4. The summed E-state index contributed by atoms with van der Waals surface area (Å²) in [5.74, 6) is -0.0878. The molecule has 3 nitrogen and oxygen atoms in total. The molecule has 0 saturated heterocycles. The van der Waals surface area contributed by atoms with Gasteiger partial charge in [0, 0.05) is 6.54 Å². The van der Waals surface area contributed by atoms with Crippen LogP contribution in [-0.2, 0) is 4.79 Å². The molecule has 0 spiro atoms. The predicted octanol–water partition coefficient (Wildman–Crippen LogP) is 3.65. The normalized spacial score (nSPS) is 12.0. The van der Waals surface area contributed by atoms with E-state index in [0.29, 0.717) is 19.4 Å². The highest BCUT2D eigenvalue weighted by atomic mass is 16.2. The molecule has 104 valence electrons. The van der Waals surface area contributed by atoms with Crippen LogP contribution in [0.2, 0.25) is 0 Å². The van der Waals surface area contributed by atoms with Gasteiger partial charge in [-0.3, -0.25) is 4.79 Å². The molecule has 0 aliphatic rings. The van der Waals surface area contributed by atoms with Crippen LogP contribution >= 0.6 is 0 Å². The Bertz CT molecular complexity index is 296. The molecule has 0 saturated carbocycles. The summed E-state index contributed by atoms with van der Waals surface area (Å²) < 4.78 is 0. The Hall–Kier alpha value is -1.04. The standard InChI is InChI=1S/C15H28N2O/c1-6-9-15(11-16,10-7-2)13(18)17-12-14(4,5)8-3/h6-10,12H2,1-5H3,(H,17,18). The summed E-state index contributed by atoms with van der Waals surface area (Å²) in [4.78, 5) is 12.3. The van der Waals surface area contributed by atoms with E-state index in [-0.39, 0.29) is 11.3 Å². The first-order valence-electron chi connectivity index (χ1n) is 7.07. The molecule has 1 N–H and O–H groups in total. The van der Waals surface area contributed by atoms with Gasteiger partial charge in [-0.15, -0.1) is 0 Å². The van der Waals surface area contributed by atoms with Crippen LogP contribution < -0.4 is 5.32 Å². The number of nitriles is 1. The van der Waals surface area contributed by atoms with Gasteiger partial charge in [-0.25, -0.2) is 0 Å². The molecule has 0 aromatic rings.